The zero-order valence-electron chi connectivity index (χ0n) is 20.3. The average molecular weight is 526 g/mol. The van der Waals surface area contributed by atoms with Crippen molar-refractivity contribution in [3.8, 4) is 23.0 Å². The normalized spacial score (nSPS) is 11.7. The topological polar surface area (TPSA) is 108 Å². The van der Waals surface area contributed by atoms with Crippen molar-refractivity contribution in [3.63, 3.8) is 0 Å². The fourth-order valence-electron chi connectivity index (χ4n) is 2.99. The van der Waals surface area contributed by atoms with Crippen LogP contribution in [0.3, 0.4) is 0 Å². The number of hydrogen-bond donors (Lipinski definition) is 1. The van der Waals surface area contributed by atoms with Crippen molar-refractivity contribution in [2.75, 3.05) is 31.7 Å². The summed E-state index contributed by atoms with van der Waals surface area (Å²) in [4.78, 5) is 25.1. The molecule has 190 valence electrons. The molecule has 1 unspecified atom stereocenters. The minimum Gasteiger partial charge on any atom is -0.490 e. The maximum absolute atomic E-state index is 12.9. The smallest absolute Gasteiger partial charge is 0.258 e. The quantitative estimate of drug-likeness (QED) is 0.244. The molecule has 1 N–H and O–H groups in total. The molecule has 1 amide bonds. The first-order valence-electron chi connectivity index (χ1n) is 11.2. The van der Waals surface area contributed by atoms with Gasteiger partial charge in [0.05, 0.1) is 31.5 Å². The number of ether oxygens (including phenoxy) is 4. The summed E-state index contributed by atoms with van der Waals surface area (Å²) in [6, 6.07) is 4.83. The summed E-state index contributed by atoms with van der Waals surface area (Å²) < 4.78 is 22.2. The van der Waals surface area contributed by atoms with E-state index in [-0.39, 0.29) is 15.7 Å². The molecule has 9 nitrogen and oxygen atoms in total. The molecule has 11 heteroatoms. The molecule has 2 rings (SSSR count). The van der Waals surface area contributed by atoms with Crippen LogP contribution in [0.5, 0.6) is 23.0 Å². The van der Waals surface area contributed by atoms with Gasteiger partial charge in [0.25, 0.3) is 5.91 Å². The van der Waals surface area contributed by atoms with Crippen LogP contribution < -0.4 is 24.3 Å². The predicted octanol–water partition coefficient (Wildman–Crippen LogP) is 6.27. The number of nitrogens with zero attached hydrogens (tertiary/aromatic N) is 2. The number of halogens is 2. The molecule has 0 aromatic heterocycles. The lowest BCUT2D eigenvalue weighted by Crippen LogP contribution is -2.31. The van der Waals surface area contributed by atoms with E-state index in [4.69, 9.17) is 42.1 Å². The lowest BCUT2D eigenvalue weighted by molar-refractivity contribution is -0.126. The lowest BCUT2D eigenvalue weighted by Gasteiger charge is -2.16. The van der Waals surface area contributed by atoms with E-state index in [9.17, 15) is 9.59 Å². The van der Waals surface area contributed by atoms with Crippen LogP contribution in [0.15, 0.2) is 34.5 Å². The number of ketones is 1. The highest BCUT2D eigenvalue weighted by molar-refractivity contribution is 6.34. The van der Waals surface area contributed by atoms with Gasteiger partial charge in [-0.2, -0.15) is 10.2 Å². The number of carbonyl (C=O) groups is 2. The molecule has 1 atom stereocenters. The second kappa shape index (κ2) is 13.7. The van der Waals surface area contributed by atoms with Gasteiger partial charge in [0.2, 0.25) is 6.04 Å². The van der Waals surface area contributed by atoms with Crippen LogP contribution in [0.25, 0.3) is 0 Å². The number of carbonyl (C=O) groups excluding carboxylic acids is 2. The van der Waals surface area contributed by atoms with Crippen LogP contribution in [0.1, 0.15) is 34.6 Å². The summed E-state index contributed by atoms with van der Waals surface area (Å²) in [6.45, 7) is 10.0. The Hall–Kier alpha value is -3.04. The number of anilines is 1. The zero-order valence-corrected chi connectivity index (χ0v) is 21.8. The Morgan fingerprint density at radius 3 is 2.09 bits per heavy atom. The van der Waals surface area contributed by atoms with Crippen molar-refractivity contribution in [1.82, 2.24) is 0 Å². The first-order valence-corrected chi connectivity index (χ1v) is 11.9. The number of nitrogens with one attached hydrogen (secondary N) is 1. The zero-order chi connectivity index (χ0) is 26.0. The first-order chi connectivity index (χ1) is 16.8. The standard InChI is InChI=1S/C24H29Cl2N3O6/c1-6-32-18-11-10-17(20(26)23(18)35-9-4)28-29-21(14(5)30)24(31)27-15-12-16(25)22(34-8-3)19(13-15)33-7-2/h10-13,21H,6-9H2,1-5H3,(H,27,31). The summed E-state index contributed by atoms with van der Waals surface area (Å²) in [5.41, 5.74) is 0.534. The van der Waals surface area contributed by atoms with E-state index in [0.717, 1.165) is 0 Å². The summed E-state index contributed by atoms with van der Waals surface area (Å²) in [6.07, 6.45) is 0. The summed E-state index contributed by atoms with van der Waals surface area (Å²) in [7, 11) is 0. The minimum absolute atomic E-state index is 0.156. The fourth-order valence-corrected chi connectivity index (χ4v) is 3.50. The van der Waals surface area contributed by atoms with E-state index >= 15 is 0 Å². The molecule has 0 saturated heterocycles. The molecule has 0 spiro atoms. The van der Waals surface area contributed by atoms with E-state index in [2.05, 4.69) is 15.5 Å². The Morgan fingerprint density at radius 1 is 0.886 bits per heavy atom. The van der Waals surface area contributed by atoms with Crippen LogP contribution in [0.2, 0.25) is 10.0 Å². The number of azo groups is 1. The molecule has 0 aliphatic heterocycles. The van der Waals surface area contributed by atoms with E-state index in [1.807, 2.05) is 20.8 Å². The molecule has 35 heavy (non-hydrogen) atoms. The van der Waals surface area contributed by atoms with Crippen molar-refractivity contribution >= 4 is 46.3 Å². The van der Waals surface area contributed by atoms with Crippen LogP contribution in [-0.2, 0) is 9.59 Å². The van der Waals surface area contributed by atoms with Gasteiger partial charge in [0, 0.05) is 11.8 Å². The second-order valence-electron chi connectivity index (χ2n) is 6.96. The average Bonchev–Trinajstić information content (AvgIpc) is 2.80. The van der Waals surface area contributed by atoms with Crippen LogP contribution >= 0.6 is 23.2 Å². The highest BCUT2D eigenvalue weighted by Gasteiger charge is 2.25. The predicted molar refractivity (Wildman–Crippen MR) is 135 cm³/mol. The molecule has 2 aromatic carbocycles. The van der Waals surface area contributed by atoms with Gasteiger partial charge in [-0.15, -0.1) is 0 Å². The molecule has 0 bridgehead atoms. The highest BCUT2D eigenvalue weighted by atomic mass is 35.5. The Labute approximate surface area is 214 Å². The van der Waals surface area contributed by atoms with Gasteiger partial charge < -0.3 is 24.3 Å². The molecule has 0 aliphatic carbocycles. The Morgan fingerprint density at radius 2 is 1.49 bits per heavy atom. The van der Waals surface area contributed by atoms with E-state index < -0.39 is 17.7 Å². The minimum atomic E-state index is -1.42. The van der Waals surface area contributed by atoms with Crippen LogP contribution in [0, 0.1) is 0 Å². The number of Topliss-reactive ketones (excluding diaryl/α,β-unsaturated/α-hetero) is 1. The number of hydrogen-bond acceptors (Lipinski definition) is 8. The fraction of sp³-hybridized carbons (Fsp3) is 0.417. The molecule has 0 aliphatic rings. The third-order valence-corrected chi connectivity index (χ3v) is 5.06. The molecule has 2 aromatic rings. The third-order valence-electron chi connectivity index (χ3n) is 4.41. The molecular weight excluding hydrogens is 497 g/mol. The number of benzene rings is 2. The number of rotatable bonds is 13. The maximum atomic E-state index is 12.9. The van der Waals surface area contributed by atoms with Gasteiger partial charge in [0.15, 0.2) is 28.8 Å². The summed E-state index contributed by atoms with van der Waals surface area (Å²) in [5, 5.41) is 11.0. The molecular formula is C24H29Cl2N3O6. The summed E-state index contributed by atoms with van der Waals surface area (Å²) >= 11 is 12.7. The second-order valence-corrected chi connectivity index (χ2v) is 7.75. The highest BCUT2D eigenvalue weighted by Crippen LogP contribution is 2.42. The lowest BCUT2D eigenvalue weighted by atomic mass is 10.2. The van der Waals surface area contributed by atoms with Crippen molar-refractivity contribution in [2.24, 2.45) is 10.2 Å². The Kier molecular flexibility index (Phi) is 11.1. The van der Waals surface area contributed by atoms with Gasteiger partial charge in [-0.1, -0.05) is 23.2 Å². The van der Waals surface area contributed by atoms with Crippen molar-refractivity contribution in [1.29, 1.82) is 0 Å². The number of amides is 1. The Bertz CT molecular complexity index is 1080. The largest absolute Gasteiger partial charge is 0.490 e. The van der Waals surface area contributed by atoms with Gasteiger partial charge >= 0.3 is 0 Å². The molecule has 0 saturated carbocycles. The Balaban J connectivity index is 2.32. The van der Waals surface area contributed by atoms with Crippen molar-refractivity contribution < 1.29 is 28.5 Å². The van der Waals surface area contributed by atoms with Gasteiger partial charge in [-0.3, -0.25) is 9.59 Å². The third kappa shape index (κ3) is 7.47. The first kappa shape index (κ1) is 28.2. The van der Waals surface area contributed by atoms with E-state index in [1.54, 1.807) is 25.1 Å². The molecule has 0 heterocycles. The SMILES string of the molecule is CCOc1cc(NC(=O)C(N=Nc2ccc(OCC)c(OCC)c2Cl)C(C)=O)cc(Cl)c1OCC. The van der Waals surface area contributed by atoms with Gasteiger partial charge in [-0.05, 0) is 52.8 Å². The van der Waals surface area contributed by atoms with Crippen molar-refractivity contribution in [2.45, 2.75) is 40.7 Å². The van der Waals surface area contributed by atoms with Crippen molar-refractivity contribution in [3.05, 3.63) is 34.3 Å². The van der Waals surface area contributed by atoms with Crippen LogP contribution in [0.4, 0.5) is 11.4 Å². The van der Waals surface area contributed by atoms with E-state index in [0.29, 0.717) is 55.1 Å². The monoisotopic (exact) mass is 525 g/mol. The summed E-state index contributed by atoms with van der Waals surface area (Å²) in [5.74, 6) is 0.284. The van der Waals surface area contributed by atoms with Gasteiger partial charge in [0.1, 0.15) is 10.7 Å². The van der Waals surface area contributed by atoms with Gasteiger partial charge in [-0.25, -0.2) is 0 Å². The molecule has 0 radical (unpaired) electrons. The van der Waals surface area contributed by atoms with E-state index in [1.165, 1.54) is 13.0 Å². The maximum Gasteiger partial charge on any atom is 0.258 e. The van der Waals surface area contributed by atoms with Crippen LogP contribution in [-0.4, -0.2) is 44.2 Å². The molecule has 0 fully saturated rings.